The molecular weight excluding hydrogens is 316 g/mol. The van der Waals surface area contributed by atoms with E-state index in [0.29, 0.717) is 18.8 Å². The fourth-order valence-electron chi connectivity index (χ4n) is 1.73. The van der Waals surface area contributed by atoms with Crippen molar-refractivity contribution >= 4 is 28.9 Å². The first-order chi connectivity index (χ1) is 10.1. The first-order valence-corrected chi connectivity index (χ1v) is 7.01. The summed E-state index contributed by atoms with van der Waals surface area (Å²) in [5.41, 5.74) is 0.498. The van der Waals surface area contributed by atoms with E-state index in [1.54, 1.807) is 7.11 Å². The van der Waals surface area contributed by atoms with Crippen LogP contribution in [0.2, 0.25) is 10.0 Å². The van der Waals surface area contributed by atoms with Crippen molar-refractivity contribution < 1.29 is 13.9 Å². The standard InChI is InChI=1S/C15H14Cl2FNO2/c1-20-11-2-4-12(5-3-11)21-7-6-19-15-13(16)8-10(18)9-14(15)17/h2-5,8-9,19H,6-7H2,1H3. The lowest BCUT2D eigenvalue weighted by Gasteiger charge is -2.11. The van der Waals surface area contributed by atoms with Gasteiger partial charge in [-0.05, 0) is 36.4 Å². The van der Waals surface area contributed by atoms with Crippen LogP contribution in [-0.2, 0) is 0 Å². The Balaban J connectivity index is 1.84. The highest BCUT2D eigenvalue weighted by Crippen LogP contribution is 2.31. The summed E-state index contributed by atoms with van der Waals surface area (Å²) in [5, 5.41) is 3.50. The minimum absolute atomic E-state index is 0.240. The van der Waals surface area contributed by atoms with Crippen LogP contribution in [0.3, 0.4) is 0 Å². The molecule has 0 fully saturated rings. The van der Waals surface area contributed by atoms with Crippen molar-refractivity contribution in [1.29, 1.82) is 0 Å². The zero-order valence-electron chi connectivity index (χ0n) is 11.3. The molecule has 0 radical (unpaired) electrons. The third-order valence-electron chi connectivity index (χ3n) is 2.74. The summed E-state index contributed by atoms with van der Waals surface area (Å²) in [7, 11) is 1.61. The summed E-state index contributed by atoms with van der Waals surface area (Å²) in [6.07, 6.45) is 0. The van der Waals surface area contributed by atoms with Gasteiger partial charge in [-0.15, -0.1) is 0 Å². The van der Waals surface area contributed by atoms with Crippen molar-refractivity contribution in [3.05, 3.63) is 52.3 Å². The van der Waals surface area contributed by atoms with Crippen LogP contribution in [0.25, 0.3) is 0 Å². The summed E-state index contributed by atoms with van der Waals surface area (Å²) in [6.45, 7) is 0.896. The Labute approximate surface area is 132 Å². The van der Waals surface area contributed by atoms with Crippen molar-refractivity contribution in [2.24, 2.45) is 0 Å². The van der Waals surface area contributed by atoms with Crippen LogP contribution in [0.4, 0.5) is 10.1 Å². The van der Waals surface area contributed by atoms with Crippen LogP contribution < -0.4 is 14.8 Å². The number of nitrogens with one attached hydrogen (secondary N) is 1. The van der Waals surface area contributed by atoms with Crippen LogP contribution in [-0.4, -0.2) is 20.3 Å². The molecule has 2 aromatic carbocycles. The van der Waals surface area contributed by atoms with E-state index in [1.807, 2.05) is 24.3 Å². The molecule has 0 saturated carbocycles. The molecule has 2 rings (SSSR count). The third-order valence-corrected chi connectivity index (χ3v) is 3.34. The lowest BCUT2D eigenvalue weighted by molar-refractivity contribution is 0.332. The molecule has 3 nitrogen and oxygen atoms in total. The lowest BCUT2D eigenvalue weighted by atomic mass is 10.3. The van der Waals surface area contributed by atoms with E-state index in [1.165, 1.54) is 12.1 Å². The summed E-state index contributed by atoms with van der Waals surface area (Å²) < 4.78 is 23.7. The van der Waals surface area contributed by atoms with Crippen molar-refractivity contribution in [1.82, 2.24) is 0 Å². The molecule has 0 unspecified atom stereocenters. The SMILES string of the molecule is COc1ccc(OCCNc2c(Cl)cc(F)cc2Cl)cc1. The van der Waals surface area contributed by atoms with Gasteiger partial charge in [-0.3, -0.25) is 0 Å². The number of ether oxygens (including phenoxy) is 2. The maximum atomic E-state index is 13.0. The van der Waals surface area contributed by atoms with Gasteiger partial charge in [0.05, 0.1) is 22.8 Å². The summed E-state index contributed by atoms with van der Waals surface area (Å²) in [6, 6.07) is 9.68. The molecule has 112 valence electrons. The van der Waals surface area contributed by atoms with Gasteiger partial charge in [-0.2, -0.15) is 0 Å². The van der Waals surface area contributed by atoms with E-state index in [-0.39, 0.29) is 10.0 Å². The van der Waals surface area contributed by atoms with E-state index < -0.39 is 5.82 Å². The smallest absolute Gasteiger partial charge is 0.126 e. The average Bonchev–Trinajstić information content (AvgIpc) is 2.46. The number of hydrogen-bond acceptors (Lipinski definition) is 3. The number of rotatable bonds is 6. The molecule has 0 aliphatic rings. The van der Waals surface area contributed by atoms with Crippen LogP contribution >= 0.6 is 23.2 Å². The second-order valence-electron chi connectivity index (χ2n) is 4.20. The first-order valence-electron chi connectivity index (χ1n) is 6.25. The van der Waals surface area contributed by atoms with Gasteiger partial charge >= 0.3 is 0 Å². The Hall–Kier alpha value is -1.65. The second-order valence-corrected chi connectivity index (χ2v) is 5.01. The van der Waals surface area contributed by atoms with Gasteiger partial charge in [0.15, 0.2) is 0 Å². The lowest BCUT2D eigenvalue weighted by Crippen LogP contribution is -2.12. The molecule has 1 N–H and O–H groups in total. The van der Waals surface area contributed by atoms with E-state index >= 15 is 0 Å². The van der Waals surface area contributed by atoms with E-state index in [0.717, 1.165) is 11.5 Å². The Morgan fingerprint density at radius 2 is 1.62 bits per heavy atom. The average molecular weight is 330 g/mol. The molecule has 0 aromatic heterocycles. The highest BCUT2D eigenvalue weighted by molar-refractivity contribution is 6.39. The molecule has 0 bridgehead atoms. The maximum absolute atomic E-state index is 13.0. The largest absolute Gasteiger partial charge is 0.497 e. The number of anilines is 1. The number of benzene rings is 2. The van der Waals surface area contributed by atoms with Crippen LogP contribution in [0.15, 0.2) is 36.4 Å². The molecule has 0 amide bonds. The van der Waals surface area contributed by atoms with Gasteiger partial charge in [0.2, 0.25) is 0 Å². The summed E-state index contributed by atoms with van der Waals surface area (Å²) in [4.78, 5) is 0. The molecule has 0 heterocycles. The minimum Gasteiger partial charge on any atom is -0.497 e. The molecule has 0 saturated heterocycles. The quantitative estimate of drug-likeness (QED) is 0.783. The Bertz CT molecular complexity index is 582. The fourth-order valence-corrected chi connectivity index (χ4v) is 2.32. The van der Waals surface area contributed by atoms with Crippen LogP contribution in [0.5, 0.6) is 11.5 Å². The van der Waals surface area contributed by atoms with Gasteiger partial charge in [-0.25, -0.2) is 4.39 Å². The molecule has 2 aromatic rings. The normalized spacial score (nSPS) is 10.3. The fraction of sp³-hybridized carbons (Fsp3) is 0.200. The predicted octanol–water partition coefficient (Wildman–Crippen LogP) is 4.63. The monoisotopic (exact) mass is 329 g/mol. The van der Waals surface area contributed by atoms with E-state index in [4.69, 9.17) is 32.7 Å². The van der Waals surface area contributed by atoms with Crippen molar-refractivity contribution in [3.63, 3.8) is 0 Å². The van der Waals surface area contributed by atoms with Gasteiger partial charge in [0, 0.05) is 6.54 Å². The topological polar surface area (TPSA) is 30.5 Å². The van der Waals surface area contributed by atoms with E-state index in [2.05, 4.69) is 5.32 Å². The molecule has 0 aliphatic heterocycles. The van der Waals surface area contributed by atoms with Crippen molar-refractivity contribution in [2.75, 3.05) is 25.6 Å². The van der Waals surface area contributed by atoms with Crippen LogP contribution in [0.1, 0.15) is 0 Å². The van der Waals surface area contributed by atoms with E-state index in [9.17, 15) is 4.39 Å². The molecule has 6 heteroatoms. The highest BCUT2D eigenvalue weighted by Gasteiger charge is 2.07. The number of halogens is 3. The zero-order valence-corrected chi connectivity index (χ0v) is 12.8. The van der Waals surface area contributed by atoms with Crippen LogP contribution in [0, 0.1) is 5.82 Å². The zero-order chi connectivity index (χ0) is 15.2. The van der Waals surface area contributed by atoms with Gasteiger partial charge < -0.3 is 14.8 Å². The predicted molar refractivity (Wildman–Crippen MR) is 83.4 cm³/mol. The summed E-state index contributed by atoms with van der Waals surface area (Å²) >= 11 is 11.8. The third kappa shape index (κ3) is 4.41. The van der Waals surface area contributed by atoms with Gasteiger partial charge in [-0.1, -0.05) is 23.2 Å². The molecule has 21 heavy (non-hydrogen) atoms. The van der Waals surface area contributed by atoms with Gasteiger partial charge in [0.1, 0.15) is 23.9 Å². The van der Waals surface area contributed by atoms with Crippen molar-refractivity contribution in [2.45, 2.75) is 0 Å². The minimum atomic E-state index is -0.468. The molecular formula is C15H14Cl2FNO2. The second kappa shape index (κ2) is 7.38. The number of methoxy groups -OCH3 is 1. The first kappa shape index (κ1) is 15.7. The molecule has 0 spiro atoms. The Morgan fingerprint density at radius 1 is 1.05 bits per heavy atom. The Kier molecular flexibility index (Phi) is 5.53. The van der Waals surface area contributed by atoms with Crippen molar-refractivity contribution in [3.8, 4) is 11.5 Å². The maximum Gasteiger partial charge on any atom is 0.126 e. The Morgan fingerprint density at radius 3 is 2.19 bits per heavy atom. The summed E-state index contributed by atoms with van der Waals surface area (Å²) in [5.74, 6) is 1.03. The number of hydrogen-bond donors (Lipinski definition) is 1. The van der Waals surface area contributed by atoms with Gasteiger partial charge in [0.25, 0.3) is 0 Å². The molecule has 0 atom stereocenters. The molecule has 0 aliphatic carbocycles. The highest BCUT2D eigenvalue weighted by atomic mass is 35.5.